The zero-order valence-electron chi connectivity index (χ0n) is 15.8. The van der Waals surface area contributed by atoms with E-state index in [4.69, 9.17) is 4.74 Å². The fourth-order valence-corrected chi connectivity index (χ4v) is 4.68. The molecule has 5 nitrogen and oxygen atoms in total. The van der Waals surface area contributed by atoms with Gasteiger partial charge in [-0.2, -0.15) is 0 Å². The second-order valence-corrected chi connectivity index (χ2v) is 8.21. The van der Waals surface area contributed by atoms with Gasteiger partial charge in [0, 0.05) is 38.9 Å². The summed E-state index contributed by atoms with van der Waals surface area (Å²) in [5.74, 6) is 0.0148. The van der Waals surface area contributed by atoms with Crippen molar-refractivity contribution in [1.29, 1.82) is 0 Å². The molecule has 0 saturated carbocycles. The molecule has 144 valence electrons. The van der Waals surface area contributed by atoms with Crippen molar-refractivity contribution >= 4 is 22.9 Å². The third-order valence-electron chi connectivity index (χ3n) is 5.53. The number of nitrogens with one attached hydrogen (secondary N) is 1. The smallest absolute Gasteiger partial charge is 0.261 e. The number of hydrogen-bond acceptors (Lipinski definition) is 5. The number of carbonyl (C=O) groups excluding carboxylic acids is 1. The average molecular weight is 386 g/mol. The number of ether oxygens (including phenoxy) is 1. The first-order valence-electron chi connectivity index (χ1n) is 9.70. The molecule has 1 atom stereocenters. The second-order valence-electron chi connectivity index (χ2n) is 7.26. The lowest BCUT2D eigenvalue weighted by Gasteiger charge is -2.36. The Kier molecular flexibility index (Phi) is 5.76. The molecule has 1 fully saturated rings. The molecule has 1 aromatic carbocycles. The molecule has 2 aromatic rings. The molecule has 4 rings (SSSR count). The van der Waals surface area contributed by atoms with Gasteiger partial charge in [-0.25, -0.2) is 0 Å². The maximum Gasteiger partial charge on any atom is 0.261 e. The number of fused-ring (bicyclic) bond motifs is 1. The molecule has 27 heavy (non-hydrogen) atoms. The molecule has 2 aliphatic rings. The van der Waals surface area contributed by atoms with Crippen LogP contribution in [0, 0.1) is 0 Å². The van der Waals surface area contributed by atoms with Crippen LogP contribution in [0.15, 0.2) is 35.7 Å². The fraction of sp³-hybridized carbons (Fsp3) is 0.476. The van der Waals surface area contributed by atoms with Crippen LogP contribution in [0.1, 0.15) is 33.3 Å². The van der Waals surface area contributed by atoms with Crippen molar-refractivity contribution < 1.29 is 9.53 Å². The zero-order valence-corrected chi connectivity index (χ0v) is 16.6. The van der Waals surface area contributed by atoms with Crippen LogP contribution in [0.25, 0.3) is 0 Å². The van der Waals surface area contributed by atoms with Gasteiger partial charge in [-0.15, -0.1) is 11.3 Å². The standard InChI is InChI=1S/C21H27N3O2S/c1-23-8-2-4-16-14-17(6-7-18(16)23)19(24-9-11-26-12-10-24)15-22-21(25)20-5-3-13-27-20/h3,5-7,13-14,19H,2,4,8-12,15H2,1H3,(H,22,25)/t19-/m0/s1. The zero-order chi connectivity index (χ0) is 18.6. The van der Waals surface area contributed by atoms with Crippen LogP contribution in [-0.4, -0.2) is 57.2 Å². The minimum absolute atomic E-state index is 0.0148. The van der Waals surface area contributed by atoms with Crippen LogP contribution >= 0.6 is 11.3 Å². The Morgan fingerprint density at radius 1 is 1.26 bits per heavy atom. The summed E-state index contributed by atoms with van der Waals surface area (Å²) in [5.41, 5.74) is 4.05. The van der Waals surface area contributed by atoms with Gasteiger partial charge < -0.3 is 15.0 Å². The first-order valence-corrected chi connectivity index (χ1v) is 10.6. The summed E-state index contributed by atoms with van der Waals surface area (Å²) in [7, 11) is 2.17. The first-order chi connectivity index (χ1) is 13.2. The first kappa shape index (κ1) is 18.5. The third kappa shape index (κ3) is 4.18. The lowest BCUT2D eigenvalue weighted by atomic mass is 9.95. The number of rotatable bonds is 5. The highest BCUT2D eigenvalue weighted by Gasteiger charge is 2.25. The summed E-state index contributed by atoms with van der Waals surface area (Å²) in [4.78, 5) is 18.0. The third-order valence-corrected chi connectivity index (χ3v) is 6.40. The van der Waals surface area contributed by atoms with E-state index in [0.717, 1.165) is 44.1 Å². The SMILES string of the molecule is CN1CCCc2cc([C@H](CNC(=O)c3cccs3)N3CCOCC3)ccc21. The van der Waals surface area contributed by atoms with Gasteiger partial charge in [0.05, 0.1) is 24.1 Å². The van der Waals surface area contributed by atoms with Crippen LogP contribution < -0.4 is 10.2 Å². The molecule has 1 aromatic heterocycles. The predicted molar refractivity (Wildman–Crippen MR) is 110 cm³/mol. The van der Waals surface area contributed by atoms with Gasteiger partial charge in [-0.05, 0) is 41.5 Å². The van der Waals surface area contributed by atoms with Gasteiger partial charge in [0.2, 0.25) is 0 Å². The van der Waals surface area contributed by atoms with Crippen LogP contribution in [0.4, 0.5) is 5.69 Å². The highest BCUT2D eigenvalue weighted by Crippen LogP contribution is 2.31. The molecule has 0 spiro atoms. The molecule has 0 unspecified atom stereocenters. The molecule has 3 heterocycles. The number of amides is 1. The van der Waals surface area contributed by atoms with E-state index >= 15 is 0 Å². The Morgan fingerprint density at radius 2 is 2.11 bits per heavy atom. The Morgan fingerprint density at radius 3 is 2.89 bits per heavy atom. The van der Waals surface area contributed by atoms with E-state index in [9.17, 15) is 4.79 Å². The topological polar surface area (TPSA) is 44.8 Å². The molecule has 0 bridgehead atoms. The number of nitrogens with zero attached hydrogens (tertiary/aromatic N) is 2. The molecule has 1 amide bonds. The van der Waals surface area contributed by atoms with Gasteiger partial charge >= 0.3 is 0 Å². The summed E-state index contributed by atoms with van der Waals surface area (Å²) >= 11 is 1.48. The molecule has 0 aliphatic carbocycles. The molecule has 2 aliphatic heterocycles. The van der Waals surface area contributed by atoms with Crippen LogP contribution in [0.3, 0.4) is 0 Å². The van der Waals surface area contributed by atoms with Crippen molar-refractivity contribution in [3.05, 3.63) is 51.7 Å². The van der Waals surface area contributed by atoms with Crippen molar-refractivity contribution in [2.24, 2.45) is 0 Å². The summed E-state index contributed by atoms with van der Waals surface area (Å²) in [6.07, 6.45) is 2.33. The number of anilines is 1. The fourth-order valence-electron chi connectivity index (χ4n) is 4.04. The molecule has 1 saturated heterocycles. The van der Waals surface area contributed by atoms with E-state index in [1.807, 2.05) is 17.5 Å². The second kappa shape index (κ2) is 8.42. The summed E-state index contributed by atoms with van der Waals surface area (Å²) in [5, 5.41) is 5.09. The number of hydrogen-bond donors (Lipinski definition) is 1. The quantitative estimate of drug-likeness (QED) is 0.860. The summed E-state index contributed by atoms with van der Waals surface area (Å²) in [6, 6.07) is 10.8. The lowest BCUT2D eigenvalue weighted by Crippen LogP contribution is -2.43. The molecular formula is C21H27N3O2S. The molecular weight excluding hydrogens is 358 g/mol. The van der Waals surface area contributed by atoms with E-state index in [1.54, 1.807) is 0 Å². The van der Waals surface area contributed by atoms with Gasteiger partial charge in [0.15, 0.2) is 0 Å². The van der Waals surface area contributed by atoms with Crippen molar-refractivity contribution in [3.63, 3.8) is 0 Å². The van der Waals surface area contributed by atoms with E-state index in [1.165, 1.54) is 34.6 Å². The van der Waals surface area contributed by atoms with E-state index in [0.29, 0.717) is 6.54 Å². The molecule has 0 radical (unpaired) electrons. The van der Waals surface area contributed by atoms with Gasteiger partial charge in [-0.1, -0.05) is 18.2 Å². The van der Waals surface area contributed by atoms with Crippen molar-refractivity contribution in [1.82, 2.24) is 10.2 Å². The highest BCUT2D eigenvalue weighted by molar-refractivity contribution is 7.12. The van der Waals surface area contributed by atoms with Crippen molar-refractivity contribution in [2.45, 2.75) is 18.9 Å². The average Bonchev–Trinajstić information content (AvgIpc) is 3.24. The minimum atomic E-state index is 0.0148. The Balaban J connectivity index is 1.55. The van der Waals surface area contributed by atoms with Gasteiger partial charge in [0.1, 0.15) is 0 Å². The Labute approximate surface area is 164 Å². The number of morpholine rings is 1. The van der Waals surface area contributed by atoms with Gasteiger partial charge in [-0.3, -0.25) is 9.69 Å². The number of aryl methyl sites for hydroxylation is 1. The van der Waals surface area contributed by atoms with E-state index in [-0.39, 0.29) is 11.9 Å². The Bertz CT molecular complexity index is 772. The normalized spacial score (nSPS) is 18.8. The number of thiophene rings is 1. The van der Waals surface area contributed by atoms with Crippen LogP contribution in [-0.2, 0) is 11.2 Å². The summed E-state index contributed by atoms with van der Waals surface area (Å²) in [6.45, 7) is 5.04. The van der Waals surface area contributed by atoms with Crippen LogP contribution in [0.5, 0.6) is 0 Å². The summed E-state index contributed by atoms with van der Waals surface area (Å²) < 4.78 is 5.54. The maximum absolute atomic E-state index is 12.4. The molecule has 6 heteroatoms. The van der Waals surface area contributed by atoms with E-state index < -0.39 is 0 Å². The largest absolute Gasteiger partial charge is 0.379 e. The van der Waals surface area contributed by atoms with Crippen LogP contribution in [0.2, 0.25) is 0 Å². The number of benzene rings is 1. The Hall–Kier alpha value is -1.89. The van der Waals surface area contributed by atoms with Gasteiger partial charge in [0.25, 0.3) is 5.91 Å². The lowest BCUT2D eigenvalue weighted by molar-refractivity contribution is 0.0162. The maximum atomic E-state index is 12.4. The monoisotopic (exact) mass is 385 g/mol. The highest BCUT2D eigenvalue weighted by atomic mass is 32.1. The molecule has 1 N–H and O–H groups in total. The van der Waals surface area contributed by atoms with Crippen molar-refractivity contribution in [3.8, 4) is 0 Å². The van der Waals surface area contributed by atoms with E-state index in [2.05, 4.69) is 40.4 Å². The number of carbonyl (C=O) groups is 1. The minimum Gasteiger partial charge on any atom is -0.379 e. The van der Waals surface area contributed by atoms with Crippen molar-refractivity contribution in [2.75, 3.05) is 51.3 Å². The predicted octanol–water partition coefficient (Wildman–Crippen LogP) is 2.93.